The molecule has 0 unspecified atom stereocenters. The molecule has 0 atom stereocenters. The Bertz CT molecular complexity index is 1100. The van der Waals surface area contributed by atoms with Crippen LogP contribution >= 0.6 is 22.9 Å². The van der Waals surface area contributed by atoms with Crippen molar-refractivity contribution in [2.75, 3.05) is 5.32 Å². The predicted molar refractivity (Wildman–Crippen MR) is 113 cm³/mol. The number of aryl methyl sites for hydroxylation is 2. The first kappa shape index (κ1) is 19.4. The van der Waals surface area contributed by atoms with E-state index in [4.69, 9.17) is 16.3 Å². The number of amides is 1. The molecule has 8 heteroatoms. The third kappa shape index (κ3) is 4.41. The molecular formula is C21H17ClN2O4S. The van der Waals surface area contributed by atoms with Gasteiger partial charge < -0.3 is 10.1 Å². The number of carbonyl (C=O) groups excluding carboxylic acids is 1. The molecule has 1 heterocycles. The molecule has 1 aliphatic carbocycles. The van der Waals surface area contributed by atoms with Crippen molar-refractivity contribution in [3.8, 4) is 5.75 Å². The van der Waals surface area contributed by atoms with Crippen molar-refractivity contribution in [2.24, 2.45) is 0 Å². The summed E-state index contributed by atoms with van der Waals surface area (Å²) in [5.41, 5.74) is 3.85. The van der Waals surface area contributed by atoms with E-state index in [1.165, 1.54) is 47.1 Å². The van der Waals surface area contributed by atoms with E-state index in [0.29, 0.717) is 17.2 Å². The van der Waals surface area contributed by atoms with Gasteiger partial charge in [-0.25, -0.2) is 0 Å². The third-order valence-electron chi connectivity index (χ3n) is 4.76. The van der Waals surface area contributed by atoms with Crippen LogP contribution in [0, 0.1) is 10.1 Å². The highest BCUT2D eigenvalue weighted by atomic mass is 35.5. The Labute approximate surface area is 176 Å². The number of hydrogen-bond donors (Lipinski definition) is 1. The molecule has 29 heavy (non-hydrogen) atoms. The highest BCUT2D eigenvalue weighted by Crippen LogP contribution is 2.29. The van der Waals surface area contributed by atoms with Gasteiger partial charge in [0.05, 0.1) is 20.5 Å². The largest absolute Gasteiger partial charge is 0.489 e. The molecule has 2 aromatic carbocycles. The third-order valence-corrected chi connectivity index (χ3v) is 6.06. The zero-order chi connectivity index (χ0) is 20.4. The fourth-order valence-corrected chi connectivity index (χ4v) is 4.29. The summed E-state index contributed by atoms with van der Waals surface area (Å²) in [5, 5.41) is 15.5. The van der Waals surface area contributed by atoms with Crippen LogP contribution in [-0.2, 0) is 19.4 Å². The molecule has 4 rings (SSSR count). The summed E-state index contributed by atoms with van der Waals surface area (Å²) in [7, 11) is 0. The number of benzene rings is 2. The Balaban J connectivity index is 1.38. The minimum absolute atomic E-state index is 0.115. The number of hydrogen-bond acceptors (Lipinski definition) is 5. The molecule has 6 nitrogen and oxygen atoms in total. The quantitative estimate of drug-likeness (QED) is 0.407. The maximum atomic E-state index is 12.5. The molecule has 1 aromatic heterocycles. The molecule has 0 bridgehead atoms. The van der Waals surface area contributed by atoms with Crippen LogP contribution in [0.15, 0.2) is 47.8 Å². The zero-order valence-corrected chi connectivity index (χ0v) is 16.9. The summed E-state index contributed by atoms with van der Waals surface area (Å²) in [6.07, 6.45) is 3.43. The van der Waals surface area contributed by atoms with Crippen molar-refractivity contribution >= 4 is 40.2 Å². The number of nitrogens with one attached hydrogen (secondary N) is 1. The van der Waals surface area contributed by atoms with Crippen LogP contribution in [0.4, 0.5) is 11.4 Å². The minimum atomic E-state index is -0.538. The lowest BCUT2D eigenvalue weighted by atomic mass is 10.1. The fraction of sp³-hybridized carbons (Fsp3) is 0.190. The maximum absolute atomic E-state index is 12.5. The van der Waals surface area contributed by atoms with Gasteiger partial charge >= 0.3 is 0 Å². The first-order valence-electron chi connectivity index (χ1n) is 9.07. The Morgan fingerprint density at radius 3 is 2.79 bits per heavy atom. The Kier molecular flexibility index (Phi) is 5.51. The van der Waals surface area contributed by atoms with Crippen molar-refractivity contribution in [1.82, 2.24) is 0 Å². The molecule has 1 amide bonds. The summed E-state index contributed by atoms with van der Waals surface area (Å²) >= 11 is 7.33. The Hall–Kier alpha value is -2.90. The van der Waals surface area contributed by atoms with Gasteiger partial charge in [-0.1, -0.05) is 17.7 Å². The van der Waals surface area contributed by atoms with Gasteiger partial charge in [0.2, 0.25) is 0 Å². The van der Waals surface area contributed by atoms with Crippen LogP contribution in [0.2, 0.25) is 5.02 Å². The van der Waals surface area contributed by atoms with Crippen LogP contribution in [0.3, 0.4) is 0 Å². The number of non-ortho nitro benzene ring substituents is 1. The number of nitro benzene ring substituents is 1. The second-order valence-electron chi connectivity index (χ2n) is 6.77. The van der Waals surface area contributed by atoms with Crippen LogP contribution in [0.5, 0.6) is 5.75 Å². The molecule has 0 saturated heterocycles. The van der Waals surface area contributed by atoms with E-state index in [0.717, 1.165) is 24.2 Å². The van der Waals surface area contributed by atoms with E-state index in [9.17, 15) is 14.9 Å². The number of halogens is 1. The van der Waals surface area contributed by atoms with Crippen molar-refractivity contribution in [1.29, 1.82) is 0 Å². The summed E-state index contributed by atoms with van der Waals surface area (Å²) in [4.78, 5) is 23.2. The lowest BCUT2D eigenvalue weighted by Crippen LogP contribution is -2.10. The summed E-state index contributed by atoms with van der Waals surface area (Å²) in [6.45, 7) is 0.376. The molecule has 1 aliphatic rings. The van der Waals surface area contributed by atoms with E-state index in [1.807, 2.05) is 11.4 Å². The standard InChI is InChI=1S/C21H17ClN2O4S/c22-18-10-16(24(26)27)5-7-19(18)23-21(25)20-8-13(12-29-20)11-28-17-6-4-14-2-1-3-15(14)9-17/h4-10,12H,1-3,11H2,(H,23,25). The molecule has 0 spiro atoms. The van der Waals surface area contributed by atoms with Gasteiger partial charge in [-0.3, -0.25) is 14.9 Å². The number of ether oxygens (including phenoxy) is 1. The minimum Gasteiger partial charge on any atom is -0.489 e. The molecule has 0 saturated carbocycles. The number of rotatable bonds is 6. The van der Waals surface area contributed by atoms with Crippen LogP contribution in [0.1, 0.15) is 32.8 Å². The molecule has 148 valence electrons. The van der Waals surface area contributed by atoms with E-state index < -0.39 is 4.92 Å². The van der Waals surface area contributed by atoms with Crippen LogP contribution in [-0.4, -0.2) is 10.8 Å². The summed E-state index contributed by atoms with van der Waals surface area (Å²) < 4.78 is 5.87. The maximum Gasteiger partial charge on any atom is 0.271 e. The van der Waals surface area contributed by atoms with E-state index >= 15 is 0 Å². The number of thiophene rings is 1. The van der Waals surface area contributed by atoms with Gasteiger partial charge in [-0.15, -0.1) is 11.3 Å². The number of anilines is 1. The molecule has 0 fully saturated rings. The average molecular weight is 429 g/mol. The van der Waals surface area contributed by atoms with Crippen molar-refractivity contribution in [3.05, 3.63) is 84.5 Å². The smallest absolute Gasteiger partial charge is 0.271 e. The van der Waals surface area contributed by atoms with Gasteiger partial charge in [-0.05, 0) is 60.0 Å². The monoisotopic (exact) mass is 428 g/mol. The second-order valence-corrected chi connectivity index (χ2v) is 8.09. The normalized spacial score (nSPS) is 12.4. The van der Waals surface area contributed by atoms with Gasteiger partial charge in [0.1, 0.15) is 12.4 Å². The van der Waals surface area contributed by atoms with Crippen molar-refractivity contribution < 1.29 is 14.5 Å². The Morgan fingerprint density at radius 1 is 1.17 bits per heavy atom. The van der Waals surface area contributed by atoms with Gasteiger partial charge in [0.25, 0.3) is 11.6 Å². The predicted octanol–water partition coefficient (Wildman–Crippen LogP) is 5.63. The molecular weight excluding hydrogens is 412 g/mol. The number of nitro groups is 1. The highest BCUT2D eigenvalue weighted by molar-refractivity contribution is 7.12. The molecule has 1 N–H and O–H groups in total. The van der Waals surface area contributed by atoms with Crippen molar-refractivity contribution in [3.63, 3.8) is 0 Å². The molecule has 0 radical (unpaired) electrons. The van der Waals surface area contributed by atoms with Crippen LogP contribution < -0.4 is 10.1 Å². The fourth-order valence-electron chi connectivity index (χ4n) is 3.28. The zero-order valence-electron chi connectivity index (χ0n) is 15.3. The SMILES string of the molecule is O=C(Nc1ccc([N+](=O)[O-])cc1Cl)c1cc(COc2ccc3c(c2)CCC3)cs1. The first-order valence-corrected chi connectivity index (χ1v) is 10.3. The first-order chi connectivity index (χ1) is 14.0. The summed E-state index contributed by atoms with van der Waals surface area (Å²) in [6, 6.07) is 11.9. The number of fused-ring (bicyclic) bond motifs is 1. The van der Waals surface area contributed by atoms with Gasteiger partial charge in [-0.2, -0.15) is 0 Å². The van der Waals surface area contributed by atoms with E-state index in [1.54, 1.807) is 6.07 Å². The topological polar surface area (TPSA) is 81.5 Å². The van der Waals surface area contributed by atoms with Gasteiger partial charge in [0.15, 0.2) is 0 Å². The molecule has 0 aliphatic heterocycles. The highest BCUT2D eigenvalue weighted by Gasteiger charge is 2.15. The summed E-state index contributed by atoms with van der Waals surface area (Å²) in [5.74, 6) is 0.509. The van der Waals surface area contributed by atoms with E-state index in [2.05, 4.69) is 17.4 Å². The van der Waals surface area contributed by atoms with Crippen LogP contribution in [0.25, 0.3) is 0 Å². The average Bonchev–Trinajstić information content (AvgIpc) is 3.36. The lowest BCUT2D eigenvalue weighted by molar-refractivity contribution is -0.384. The van der Waals surface area contributed by atoms with Gasteiger partial charge in [0, 0.05) is 17.7 Å². The Morgan fingerprint density at radius 2 is 2.00 bits per heavy atom. The van der Waals surface area contributed by atoms with E-state index in [-0.39, 0.29) is 16.6 Å². The number of nitrogens with zero attached hydrogens (tertiary/aromatic N) is 1. The molecule has 3 aromatic rings. The van der Waals surface area contributed by atoms with Crippen molar-refractivity contribution in [2.45, 2.75) is 25.9 Å². The number of carbonyl (C=O) groups is 1. The second kappa shape index (κ2) is 8.23. The lowest BCUT2D eigenvalue weighted by Gasteiger charge is -2.07.